The summed E-state index contributed by atoms with van der Waals surface area (Å²) in [7, 11) is 0. The van der Waals surface area contributed by atoms with Crippen molar-refractivity contribution < 1.29 is 0 Å². The Hall–Kier alpha value is -3.40. The Bertz CT molecular complexity index is 854. The number of rotatable bonds is 6. The van der Waals surface area contributed by atoms with Crippen molar-refractivity contribution in [3.8, 4) is 6.07 Å². The van der Waals surface area contributed by atoms with Crippen molar-refractivity contribution in [2.75, 3.05) is 11.9 Å². The van der Waals surface area contributed by atoms with Gasteiger partial charge in [0, 0.05) is 37.9 Å². The highest BCUT2D eigenvalue weighted by Gasteiger charge is 2.13. The quantitative estimate of drug-likeness (QED) is 0.623. The number of aromatic nitrogens is 4. The largest absolute Gasteiger partial charge is 0.361 e. The monoisotopic (exact) mass is 333 g/mol. The molecule has 0 atom stereocenters. The number of nitrogens with zero attached hydrogens (tertiary/aromatic N) is 5. The smallest absolute Gasteiger partial charge is 0.223 e. The molecule has 0 unspecified atom stereocenters. The van der Waals surface area contributed by atoms with Crippen LogP contribution in [0, 0.1) is 18.3 Å². The fraction of sp³-hybridized carbons (Fsp3) is 0.222. The molecular weight excluding hydrogens is 314 g/mol. The Morgan fingerprint density at radius 2 is 2.32 bits per heavy atom. The van der Waals surface area contributed by atoms with Crippen molar-refractivity contribution in [3.05, 3.63) is 66.0 Å². The molecule has 0 spiro atoms. The number of nitriles is 1. The van der Waals surface area contributed by atoms with Gasteiger partial charge >= 0.3 is 0 Å². The first kappa shape index (κ1) is 16.5. The fourth-order valence-corrected chi connectivity index (χ4v) is 2.44. The standard InChI is InChI=1S/C18H19N7/c1-14-13-22-18(21-8-4-10-25-11-5-9-23-25)24-17(14)15(12-19)16-6-2-3-7-20-16/h2-3,5-7,9,11,13,20H,4,8,10H2,1H3,(H,21,22,24). The summed E-state index contributed by atoms with van der Waals surface area (Å²) in [6, 6.07) is 4.15. The van der Waals surface area contributed by atoms with Gasteiger partial charge < -0.3 is 10.6 Å². The summed E-state index contributed by atoms with van der Waals surface area (Å²) in [6.07, 6.45) is 13.7. The van der Waals surface area contributed by atoms with Crippen molar-refractivity contribution in [1.29, 1.82) is 5.26 Å². The molecule has 1 aliphatic heterocycles. The molecular formula is C18H19N7. The van der Waals surface area contributed by atoms with Gasteiger partial charge in [-0.2, -0.15) is 10.4 Å². The lowest BCUT2D eigenvalue weighted by molar-refractivity contribution is 0.591. The first-order chi connectivity index (χ1) is 12.3. The van der Waals surface area contributed by atoms with Gasteiger partial charge in [-0.1, -0.05) is 6.08 Å². The van der Waals surface area contributed by atoms with E-state index in [0.717, 1.165) is 30.8 Å². The molecule has 0 amide bonds. The van der Waals surface area contributed by atoms with Crippen LogP contribution in [-0.4, -0.2) is 26.3 Å². The molecule has 126 valence electrons. The number of nitrogens with one attached hydrogen (secondary N) is 2. The van der Waals surface area contributed by atoms with Gasteiger partial charge in [-0.25, -0.2) is 9.97 Å². The average Bonchev–Trinajstić information content (AvgIpc) is 3.16. The lowest BCUT2D eigenvalue weighted by atomic mass is 10.1. The van der Waals surface area contributed by atoms with E-state index < -0.39 is 0 Å². The van der Waals surface area contributed by atoms with E-state index in [0.29, 0.717) is 17.2 Å². The van der Waals surface area contributed by atoms with E-state index in [1.54, 1.807) is 18.6 Å². The highest BCUT2D eigenvalue weighted by atomic mass is 15.3. The van der Waals surface area contributed by atoms with Crippen LogP contribution in [0.5, 0.6) is 0 Å². The first-order valence-electron chi connectivity index (χ1n) is 8.07. The van der Waals surface area contributed by atoms with Crippen molar-refractivity contribution in [3.63, 3.8) is 0 Å². The van der Waals surface area contributed by atoms with Crippen LogP contribution in [0.4, 0.5) is 5.95 Å². The Kier molecular flexibility index (Phi) is 5.22. The summed E-state index contributed by atoms with van der Waals surface area (Å²) >= 11 is 0. The minimum atomic E-state index is 0.500. The summed E-state index contributed by atoms with van der Waals surface area (Å²) in [5.41, 5.74) is 2.72. The third kappa shape index (κ3) is 4.12. The predicted molar refractivity (Wildman–Crippen MR) is 96.1 cm³/mol. The molecule has 7 nitrogen and oxygen atoms in total. The van der Waals surface area contributed by atoms with Gasteiger partial charge in [0.1, 0.15) is 11.6 Å². The highest BCUT2D eigenvalue weighted by molar-refractivity contribution is 5.80. The van der Waals surface area contributed by atoms with E-state index in [9.17, 15) is 5.26 Å². The molecule has 3 rings (SSSR count). The minimum absolute atomic E-state index is 0.500. The third-order valence-corrected chi connectivity index (χ3v) is 3.71. The number of aryl methyl sites for hydroxylation is 2. The normalized spacial score (nSPS) is 14.7. The summed E-state index contributed by atoms with van der Waals surface area (Å²) in [4.78, 5) is 8.84. The number of hydrogen-bond donors (Lipinski definition) is 2. The predicted octanol–water partition coefficient (Wildman–Crippen LogP) is 2.39. The van der Waals surface area contributed by atoms with Crippen molar-refractivity contribution in [2.45, 2.75) is 19.9 Å². The van der Waals surface area contributed by atoms with Gasteiger partial charge in [0.25, 0.3) is 0 Å². The molecule has 0 aliphatic carbocycles. The maximum absolute atomic E-state index is 9.57. The summed E-state index contributed by atoms with van der Waals surface area (Å²) in [5.74, 6) is 0.518. The van der Waals surface area contributed by atoms with E-state index in [1.165, 1.54) is 0 Å². The average molecular weight is 333 g/mol. The first-order valence-corrected chi connectivity index (χ1v) is 8.07. The summed E-state index contributed by atoms with van der Waals surface area (Å²) in [5, 5.41) is 20.0. The van der Waals surface area contributed by atoms with Gasteiger partial charge in [0.15, 0.2) is 0 Å². The van der Waals surface area contributed by atoms with Gasteiger partial charge in [-0.15, -0.1) is 0 Å². The lowest BCUT2D eigenvalue weighted by Gasteiger charge is -2.12. The van der Waals surface area contributed by atoms with Crippen molar-refractivity contribution >= 4 is 11.5 Å². The molecule has 0 aromatic carbocycles. The SMILES string of the molecule is Cc1cnc(NCCCn2cccn2)nc1C(C#N)=C1C=CC=CN1. The van der Waals surface area contributed by atoms with Gasteiger partial charge in [-0.05, 0) is 37.1 Å². The zero-order chi connectivity index (χ0) is 17.5. The van der Waals surface area contributed by atoms with Gasteiger partial charge in [0.2, 0.25) is 5.95 Å². The Morgan fingerprint density at radius 1 is 1.40 bits per heavy atom. The van der Waals surface area contributed by atoms with E-state index in [4.69, 9.17) is 0 Å². The second-order valence-electron chi connectivity index (χ2n) is 5.54. The van der Waals surface area contributed by atoms with Crippen LogP contribution in [0.2, 0.25) is 0 Å². The number of hydrogen-bond acceptors (Lipinski definition) is 6. The number of dihydropyridines is 1. The Balaban J connectivity index is 1.71. The van der Waals surface area contributed by atoms with Crippen LogP contribution >= 0.6 is 0 Å². The van der Waals surface area contributed by atoms with Crippen LogP contribution in [0.15, 0.2) is 54.8 Å². The topological polar surface area (TPSA) is 91.5 Å². The van der Waals surface area contributed by atoms with E-state index in [-0.39, 0.29) is 0 Å². The lowest BCUT2D eigenvalue weighted by Crippen LogP contribution is -2.12. The molecule has 1 aliphatic rings. The summed E-state index contributed by atoms with van der Waals surface area (Å²) in [6.45, 7) is 3.45. The zero-order valence-corrected chi connectivity index (χ0v) is 14.0. The number of allylic oxidation sites excluding steroid dienone is 4. The molecule has 0 bridgehead atoms. The maximum atomic E-state index is 9.57. The Labute approximate surface area is 146 Å². The molecule has 25 heavy (non-hydrogen) atoms. The van der Waals surface area contributed by atoms with Crippen molar-refractivity contribution in [1.82, 2.24) is 25.1 Å². The van der Waals surface area contributed by atoms with Crippen LogP contribution in [-0.2, 0) is 6.54 Å². The highest BCUT2D eigenvalue weighted by Crippen LogP contribution is 2.21. The van der Waals surface area contributed by atoms with Crippen LogP contribution in [0.25, 0.3) is 5.57 Å². The van der Waals surface area contributed by atoms with Crippen LogP contribution < -0.4 is 10.6 Å². The molecule has 2 aromatic heterocycles. The molecule has 2 aromatic rings. The van der Waals surface area contributed by atoms with Crippen molar-refractivity contribution in [2.24, 2.45) is 0 Å². The fourth-order valence-electron chi connectivity index (χ4n) is 2.44. The molecule has 3 heterocycles. The van der Waals surface area contributed by atoms with E-state index >= 15 is 0 Å². The van der Waals surface area contributed by atoms with Gasteiger partial charge in [0.05, 0.1) is 11.4 Å². The maximum Gasteiger partial charge on any atom is 0.223 e. The third-order valence-electron chi connectivity index (χ3n) is 3.71. The van der Waals surface area contributed by atoms with E-state index in [2.05, 4.69) is 31.8 Å². The second kappa shape index (κ2) is 7.93. The number of anilines is 1. The molecule has 0 saturated carbocycles. The molecule has 2 N–H and O–H groups in total. The molecule has 0 saturated heterocycles. The summed E-state index contributed by atoms with van der Waals surface area (Å²) < 4.78 is 1.88. The molecule has 0 radical (unpaired) electrons. The zero-order valence-electron chi connectivity index (χ0n) is 14.0. The molecule has 7 heteroatoms. The van der Waals surface area contributed by atoms with Crippen LogP contribution in [0.3, 0.4) is 0 Å². The van der Waals surface area contributed by atoms with Crippen LogP contribution in [0.1, 0.15) is 17.7 Å². The van der Waals surface area contributed by atoms with E-state index in [1.807, 2.05) is 42.1 Å². The molecule has 0 fully saturated rings. The minimum Gasteiger partial charge on any atom is -0.361 e. The Morgan fingerprint density at radius 3 is 3.04 bits per heavy atom. The second-order valence-corrected chi connectivity index (χ2v) is 5.54. The van der Waals surface area contributed by atoms with Gasteiger partial charge in [-0.3, -0.25) is 4.68 Å².